The van der Waals surface area contributed by atoms with Crippen molar-refractivity contribution in [2.45, 2.75) is 6.04 Å². The summed E-state index contributed by atoms with van der Waals surface area (Å²) >= 11 is 0. The molecule has 1 fully saturated rings. The van der Waals surface area contributed by atoms with Crippen molar-refractivity contribution in [1.82, 2.24) is 10.6 Å². The molecule has 5 heteroatoms. The lowest BCUT2D eigenvalue weighted by Crippen LogP contribution is -2.51. The fourth-order valence-electron chi connectivity index (χ4n) is 1.68. The van der Waals surface area contributed by atoms with E-state index in [-0.39, 0.29) is 36.9 Å². The van der Waals surface area contributed by atoms with E-state index in [1.807, 2.05) is 30.3 Å². The van der Waals surface area contributed by atoms with E-state index >= 15 is 0 Å². The van der Waals surface area contributed by atoms with Crippen LogP contribution in [0.25, 0.3) is 0 Å². The zero-order valence-corrected chi connectivity index (χ0v) is 10.2. The molecule has 1 aromatic carbocycles. The molecule has 3 N–H and O–H groups in total. The van der Waals surface area contributed by atoms with Crippen LogP contribution in [-0.4, -0.2) is 30.7 Å². The Kier molecular flexibility index (Phi) is 5.41. The number of aliphatic hydroxyl groups is 1. The van der Waals surface area contributed by atoms with Crippen molar-refractivity contribution in [1.29, 1.82) is 0 Å². The molecule has 1 heterocycles. The molecule has 0 radical (unpaired) electrons. The second kappa shape index (κ2) is 6.59. The Hall–Kier alpha value is -1.10. The third-order valence-corrected chi connectivity index (χ3v) is 2.85. The predicted octanol–water partition coefficient (Wildman–Crippen LogP) is 0.477. The number of carbonyl (C=O) groups excluding carboxylic acids is 1. The van der Waals surface area contributed by atoms with Crippen LogP contribution in [0.2, 0.25) is 0 Å². The van der Waals surface area contributed by atoms with Crippen molar-refractivity contribution >= 4 is 18.3 Å². The lowest BCUT2D eigenvalue weighted by molar-refractivity contribution is -0.127. The molecule has 1 amide bonds. The molecule has 2 rings (SSSR count). The maximum Gasteiger partial charge on any atom is 0.226 e. The first-order chi connectivity index (χ1) is 7.81. The highest BCUT2D eigenvalue weighted by atomic mass is 35.5. The van der Waals surface area contributed by atoms with Crippen LogP contribution in [0.3, 0.4) is 0 Å². The second-order valence-corrected chi connectivity index (χ2v) is 4.01. The van der Waals surface area contributed by atoms with E-state index in [0.717, 1.165) is 18.7 Å². The van der Waals surface area contributed by atoms with Gasteiger partial charge < -0.3 is 15.7 Å². The minimum absolute atomic E-state index is 0. The Bertz CT molecular complexity index is 355. The van der Waals surface area contributed by atoms with Gasteiger partial charge in [0.1, 0.15) is 0 Å². The van der Waals surface area contributed by atoms with Crippen molar-refractivity contribution in [2.24, 2.45) is 5.92 Å². The predicted molar refractivity (Wildman–Crippen MR) is 68.0 cm³/mol. The quantitative estimate of drug-likeness (QED) is 0.734. The number of hydrogen-bond donors (Lipinski definition) is 3. The normalized spacial score (nSPS) is 16.5. The number of benzene rings is 1. The lowest BCUT2D eigenvalue weighted by Gasteiger charge is -2.28. The van der Waals surface area contributed by atoms with Gasteiger partial charge in [-0.1, -0.05) is 30.3 Å². The maximum atomic E-state index is 11.7. The third kappa shape index (κ3) is 3.43. The van der Waals surface area contributed by atoms with Gasteiger partial charge in [0.05, 0.1) is 18.6 Å². The highest BCUT2D eigenvalue weighted by Gasteiger charge is 2.26. The second-order valence-electron chi connectivity index (χ2n) is 4.01. The number of hydrogen-bond acceptors (Lipinski definition) is 3. The molecule has 1 saturated heterocycles. The SMILES string of the molecule is Cl.O=C(NC(CO)c1ccccc1)C1CNC1. The largest absolute Gasteiger partial charge is 0.394 e. The molecule has 1 atom stereocenters. The van der Waals surface area contributed by atoms with Crippen LogP contribution in [0.1, 0.15) is 11.6 Å². The van der Waals surface area contributed by atoms with Crippen LogP contribution >= 0.6 is 12.4 Å². The van der Waals surface area contributed by atoms with Gasteiger partial charge in [-0.15, -0.1) is 12.4 Å². The van der Waals surface area contributed by atoms with Crippen LogP contribution in [-0.2, 0) is 4.79 Å². The van der Waals surface area contributed by atoms with Crippen molar-refractivity contribution in [3.8, 4) is 0 Å². The number of amides is 1. The molecule has 0 aromatic heterocycles. The van der Waals surface area contributed by atoms with E-state index < -0.39 is 0 Å². The number of aliphatic hydroxyl groups excluding tert-OH is 1. The molecule has 1 aliphatic heterocycles. The Morgan fingerprint density at radius 1 is 1.41 bits per heavy atom. The smallest absolute Gasteiger partial charge is 0.226 e. The van der Waals surface area contributed by atoms with Crippen LogP contribution in [0.15, 0.2) is 30.3 Å². The van der Waals surface area contributed by atoms with Gasteiger partial charge in [0.2, 0.25) is 5.91 Å². The van der Waals surface area contributed by atoms with E-state index in [9.17, 15) is 9.90 Å². The summed E-state index contributed by atoms with van der Waals surface area (Å²) in [5.74, 6) is 0.0689. The molecule has 1 aromatic rings. The van der Waals surface area contributed by atoms with E-state index in [4.69, 9.17) is 0 Å². The summed E-state index contributed by atoms with van der Waals surface area (Å²) in [6, 6.07) is 9.22. The maximum absolute atomic E-state index is 11.7. The number of rotatable bonds is 4. The van der Waals surface area contributed by atoms with E-state index in [0.29, 0.717) is 0 Å². The molecule has 0 bridgehead atoms. The standard InChI is InChI=1S/C12H16N2O2.ClH/c15-8-11(9-4-2-1-3-5-9)14-12(16)10-6-13-7-10;/h1-5,10-11,13,15H,6-8H2,(H,14,16);1H. The average molecular weight is 257 g/mol. The van der Waals surface area contributed by atoms with Crippen molar-refractivity contribution in [3.05, 3.63) is 35.9 Å². The molecule has 1 unspecified atom stereocenters. The number of halogens is 1. The lowest BCUT2D eigenvalue weighted by atomic mass is 10.0. The molecule has 4 nitrogen and oxygen atoms in total. The molecule has 1 aliphatic rings. The van der Waals surface area contributed by atoms with Gasteiger partial charge in [-0.2, -0.15) is 0 Å². The van der Waals surface area contributed by atoms with E-state index in [1.165, 1.54) is 0 Å². The highest BCUT2D eigenvalue weighted by Crippen LogP contribution is 2.13. The summed E-state index contributed by atoms with van der Waals surface area (Å²) in [7, 11) is 0. The topological polar surface area (TPSA) is 61.4 Å². The summed E-state index contributed by atoms with van der Waals surface area (Å²) in [6.07, 6.45) is 0. The van der Waals surface area contributed by atoms with Crippen LogP contribution < -0.4 is 10.6 Å². The zero-order valence-electron chi connectivity index (χ0n) is 9.43. The third-order valence-electron chi connectivity index (χ3n) is 2.85. The van der Waals surface area contributed by atoms with Crippen LogP contribution in [0.5, 0.6) is 0 Å². The summed E-state index contributed by atoms with van der Waals surface area (Å²) in [5, 5.41) is 15.2. The van der Waals surface area contributed by atoms with Gasteiger partial charge >= 0.3 is 0 Å². The van der Waals surface area contributed by atoms with Gasteiger partial charge in [-0.05, 0) is 5.56 Å². The van der Waals surface area contributed by atoms with E-state index in [2.05, 4.69) is 10.6 Å². The first-order valence-corrected chi connectivity index (χ1v) is 5.48. The summed E-state index contributed by atoms with van der Waals surface area (Å²) in [4.78, 5) is 11.7. The first-order valence-electron chi connectivity index (χ1n) is 5.48. The summed E-state index contributed by atoms with van der Waals surface area (Å²) < 4.78 is 0. The Morgan fingerprint density at radius 3 is 2.53 bits per heavy atom. The minimum atomic E-state index is -0.297. The monoisotopic (exact) mass is 256 g/mol. The summed E-state index contributed by atoms with van der Waals surface area (Å²) in [5.41, 5.74) is 0.936. The molecular weight excluding hydrogens is 240 g/mol. The molecular formula is C12H17ClN2O2. The number of nitrogens with one attached hydrogen (secondary N) is 2. The van der Waals surface area contributed by atoms with Crippen molar-refractivity contribution in [3.63, 3.8) is 0 Å². The first kappa shape index (κ1) is 14.0. The Balaban J connectivity index is 0.00000144. The molecule has 17 heavy (non-hydrogen) atoms. The number of carbonyl (C=O) groups is 1. The summed E-state index contributed by atoms with van der Waals surface area (Å²) in [6.45, 7) is 1.40. The Labute approximate surface area is 107 Å². The van der Waals surface area contributed by atoms with Crippen molar-refractivity contribution in [2.75, 3.05) is 19.7 Å². The molecule has 0 aliphatic carbocycles. The molecule has 0 spiro atoms. The van der Waals surface area contributed by atoms with Crippen LogP contribution in [0.4, 0.5) is 0 Å². The van der Waals surface area contributed by atoms with E-state index in [1.54, 1.807) is 0 Å². The fourth-order valence-corrected chi connectivity index (χ4v) is 1.68. The van der Waals surface area contributed by atoms with Gasteiger partial charge in [-0.25, -0.2) is 0 Å². The molecule has 0 saturated carbocycles. The fraction of sp³-hybridized carbons (Fsp3) is 0.417. The Morgan fingerprint density at radius 2 is 2.06 bits per heavy atom. The van der Waals surface area contributed by atoms with Crippen LogP contribution in [0, 0.1) is 5.92 Å². The van der Waals surface area contributed by atoms with Gasteiger partial charge in [0.15, 0.2) is 0 Å². The average Bonchev–Trinajstić information content (AvgIpc) is 2.24. The zero-order chi connectivity index (χ0) is 11.4. The minimum Gasteiger partial charge on any atom is -0.394 e. The highest BCUT2D eigenvalue weighted by molar-refractivity contribution is 5.85. The van der Waals surface area contributed by atoms with Crippen molar-refractivity contribution < 1.29 is 9.90 Å². The van der Waals surface area contributed by atoms with Gasteiger partial charge in [0.25, 0.3) is 0 Å². The van der Waals surface area contributed by atoms with Gasteiger partial charge in [0, 0.05) is 13.1 Å². The molecule has 94 valence electrons. The van der Waals surface area contributed by atoms with Gasteiger partial charge in [-0.3, -0.25) is 4.79 Å².